The summed E-state index contributed by atoms with van der Waals surface area (Å²) in [6, 6.07) is 6.88. The molecule has 2 aromatic rings. The first-order valence-electron chi connectivity index (χ1n) is 22.3. The molecule has 4 aliphatic rings. The van der Waals surface area contributed by atoms with Crippen LogP contribution in [0.5, 0.6) is 11.5 Å². The van der Waals surface area contributed by atoms with Crippen molar-refractivity contribution < 1.29 is 29.3 Å². The van der Waals surface area contributed by atoms with Gasteiger partial charge in [0, 0.05) is 6.04 Å². The lowest BCUT2D eigenvalue weighted by atomic mass is 9.44. The van der Waals surface area contributed by atoms with Gasteiger partial charge >= 0.3 is 11.9 Å². The van der Waals surface area contributed by atoms with Crippen LogP contribution in [0.3, 0.4) is 0 Å². The smallest absolute Gasteiger partial charge is 0.339 e. The summed E-state index contributed by atoms with van der Waals surface area (Å²) >= 11 is 13.1. The number of rotatable bonds is 17. The van der Waals surface area contributed by atoms with Gasteiger partial charge in [-0.1, -0.05) is 83.2 Å². The van der Waals surface area contributed by atoms with Gasteiger partial charge in [-0.25, -0.2) is 9.59 Å². The molecular weight excluding hydrogens is 769 g/mol. The molecule has 0 heterocycles. The molecule has 320 valence electrons. The lowest BCUT2D eigenvalue weighted by Crippen LogP contribution is -2.55. The van der Waals surface area contributed by atoms with Crippen molar-refractivity contribution in [3.8, 4) is 11.5 Å². The third-order valence-electron chi connectivity index (χ3n) is 15.9. The van der Waals surface area contributed by atoms with Crippen molar-refractivity contribution in [1.82, 2.24) is 5.32 Å². The van der Waals surface area contributed by atoms with Crippen LogP contribution >= 0.6 is 23.2 Å². The second-order valence-corrected chi connectivity index (χ2v) is 20.2. The predicted molar refractivity (Wildman–Crippen MR) is 236 cm³/mol. The van der Waals surface area contributed by atoms with Crippen molar-refractivity contribution in [2.45, 2.75) is 137 Å². The average Bonchev–Trinajstić information content (AvgIpc) is 3.54. The number of aromatic carboxylic acids is 2. The molecular formula is C49H69Cl2NO6. The molecule has 0 bridgehead atoms. The van der Waals surface area contributed by atoms with Crippen LogP contribution in [0, 0.1) is 52.3 Å². The summed E-state index contributed by atoms with van der Waals surface area (Å²) in [7, 11) is 2.76. The minimum Gasteiger partial charge on any atom is -0.494 e. The summed E-state index contributed by atoms with van der Waals surface area (Å²) in [6.07, 6.45) is 21.3. The molecule has 0 saturated heterocycles. The Kier molecular flexibility index (Phi) is 14.6. The van der Waals surface area contributed by atoms with E-state index >= 15 is 0 Å². The molecule has 4 aliphatic carbocycles. The van der Waals surface area contributed by atoms with E-state index in [0.717, 1.165) is 60.8 Å². The van der Waals surface area contributed by atoms with Gasteiger partial charge in [0.2, 0.25) is 0 Å². The van der Waals surface area contributed by atoms with Crippen molar-refractivity contribution >= 4 is 40.7 Å². The Morgan fingerprint density at radius 3 is 1.98 bits per heavy atom. The van der Waals surface area contributed by atoms with Gasteiger partial charge in [-0.2, -0.15) is 0 Å². The average molecular weight is 839 g/mol. The number of nitrogens with one attached hydrogen (secondary N) is 1. The van der Waals surface area contributed by atoms with Crippen molar-refractivity contribution in [2.75, 3.05) is 20.8 Å². The molecule has 2 aromatic carbocycles. The van der Waals surface area contributed by atoms with Crippen LogP contribution < -0.4 is 14.8 Å². The first-order chi connectivity index (χ1) is 27.6. The molecule has 7 nitrogen and oxygen atoms in total. The third kappa shape index (κ3) is 9.12. The van der Waals surface area contributed by atoms with E-state index in [1.807, 2.05) is 6.08 Å². The predicted octanol–water partition coefficient (Wildman–Crippen LogP) is 13.1. The molecule has 0 radical (unpaired) electrons. The van der Waals surface area contributed by atoms with Gasteiger partial charge in [-0.3, -0.25) is 0 Å². The Labute approximate surface area is 358 Å². The molecule has 0 spiro atoms. The number of benzene rings is 2. The second-order valence-electron chi connectivity index (χ2n) is 19.4. The summed E-state index contributed by atoms with van der Waals surface area (Å²) in [6.45, 7) is 13.7. The number of carbonyl (C=O) groups is 2. The topological polar surface area (TPSA) is 105 Å². The number of unbranched alkanes of at least 4 members (excludes halogenated alkanes) is 2. The molecule has 1 unspecified atom stereocenters. The highest BCUT2D eigenvalue weighted by Gasteiger charge is 2.60. The summed E-state index contributed by atoms with van der Waals surface area (Å²) in [4.78, 5) is 24.4. The number of fused-ring (bicyclic) bond motifs is 5. The van der Waals surface area contributed by atoms with E-state index in [-0.39, 0.29) is 32.7 Å². The normalized spacial score (nSPS) is 29.6. The molecule has 58 heavy (non-hydrogen) atoms. The molecule has 0 aliphatic heterocycles. The molecule has 4 fully saturated rings. The van der Waals surface area contributed by atoms with E-state index in [9.17, 15) is 19.8 Å². The maximum absolute atomic E-state index is 12.2. The first-order valence-corrected chi connectivity index (χ1v) is 23.0. The Morgan fingerprint density at radius 1 is 0.793 bits per heavy atom. The van der Waals surface area contributed by atoms with Crippen LogP contribution in [0.15, 0.2) is 30.3 Å². The van der Waals surface area contributed by atoms with E-state index in [4.69, 9.17) is 32.7 Å². The van der Waals surface area contributed by atoms with Crippen LogP contribution in [-0.2, 0) is 0 Å². The maximum atomic E-state index is 12.2. The highest BCUT2D eigenvalue weighted by Crippen LogP contribution is 2.68. The van der Waals surface area contributed by atoms with Gasteiger partial charge in [0.05, 0.1) is 24.3 Å². The SMILES string of the molecule is COc1c(Cl)cc(C(=CCCCCN[C@@H]2CC[C@@]3(C)[C@@H](CC[C@@H]4[C@@H]3CC[C@]3(C)[C@@H](C(C)CCCC(C)C)CC[C@@H]43)C2)c2cc(Cl)c(OC)c(C(=O)O)c2)cc1C(=O)O. The fourth-order valence-corrected chi connectivity index (χ4v) is 13.5. The van der Waals surface area contributed by atoms with Crippen molar-refractivity contribution in [3.05, 3.63) is 62.6 Å². The lowest BCUT2D eigenvalue weighted by Gasteiger charge is -2.61. The van der Waals surface area contributed by atoms with Gasteiger partial charge in [0.1, 0.15) is 11.1 Å². The first kappa shape index (κ1) is 44.8. The number of hydrogen-bond donors (Lipinski definition) is 3. The minimum absolute atomic E-state index is 0.0694. The largest absolute Gasteiger partial charge is 0.494 e. The van der Waals surface area contributed by atoms with Crippen molar-refractivity contribution in [3.63, 3.8) is 0 Å². The zero-order chi connectivity index (χ0) is 41.9. The molecule has 9 heteroatoms. The van der Waals surface area contributed by atoms with Crippen LogP contribution in [0.25, 0.3) is 5.57 Å². The molecule has 3 N–H and O–H groups in total. The highest BCUT2D eigenvalue weighted by molar-refractivity contribution is 6.33. The fraction of sp³-hybridized carbons (Fsp3) is 0.673. The van der Waals surface area contributed by atoms with E-state index in [1.54, 1.807) is 12.1 Å². The molecule has 0 aromatic heterocycles. The molecule has 6 rings (SSSR count). The van der Waals surface area contributed by atoms with Gasteiger partial charge < -0.3 is 25.0 Å². The Morgan fingerprint density at radius 2 is 1.40 bits per heavy atom. The van der Waals surface area contributed by atoms with E-state index in [0.29, 0.717) is 40.0 Å². The second kappa shape index (κ2) is 18.9. The minimum atomic E-state index is -1.18. The Bertz CT molecular complexity index is 1750. The Balaban J connectivity index is 1.07. The summed E-state index contributed by atoms with van der Waals surface area (Å²) < 4.78 is 10.6. The summed E-state index contributed by atoms with van der Waals surface area (Å²) in [5.41, 5.74) is 2.55. The van der Waals surface area contributed by atoms with Crippen LogP contribution in [-0.4, -0.2) is 49.0 Å². The molecule has 0 amide bonds. The fourth-order valence-electron chi connectivity index (χ4n) is 12.9. The van der Waals surface area contributed by atoms with Crippen LogP contribution in [0.1, 0.15) is 163 Å². The number of hydrogen-bond acceptors (Lipinski definition) is 5. The van der Waals surface area contributed by atoms with Crippen LogP contribution in [0.2, 0.25) is 10.0 Å². The summed E-state index contributed by atoms with van der Waals surface area (Å²) in [5, 5.41) is 24.2. The van der Waals surface area contributed by atoms with E-state index in [2.05, 4.69) is 39.9 Å². The zero-order valence-corrected chi connectivity index (χ0v) is 37.6. The van der Waals surface area contributed by atoms with E-state index < -0.39 is 11.9 Å². The third-order valence-corrected chi connectivity index (χ3v) is 16.4. The number of allylic oxidation sites excluding steroid dienone is 1. The number of carboxylic acids is 2. The van der Waals surface area contributed by atoms with Gasteiger partial charge in [-0.15, -0.1) is 0 Å². The maximum Gasteiger partial charge on any atom is 0.339 e. The Hall–Kier alpha value is -2.74. The zero-order valence-electron chi connectivity index (χ0n) is 36.1. The molecule has 9 atom stereocenters. The number of methoxy groups -OCH3 is 2. The van der Waals surface area contributed by atoms with E-state index in [1.165, 1.54) is 103 Å². The van der Waals surface area contributed by atoms with Gasteiger partial charge in [0.25, 0.3) is 0 Å². The summed E-state index contributed by atoms with van der Waals surface area (Å²) in [5.74, 6) is 3.91. The van der Waals surface area contributed by atoms with Gasteiger partial charge in [-0.05, 0) is 177 Å². The van der Waals surface area contributed by atoms with Gasteiger partial charge in [0.15, 0.2) is 11.5 Å². The monoisotopic (exact) mass is 837 g/mol. The standard InChI is InChI=1S/C49H69Cl2NO6/c1-29(2)12-11-13-30(3)39-17-18-40-36-16-15-33-28-34(19-21-48(33,4)41(36)20-22-49(39,40)5)52-23-10-8-9-14-35(31-24-37(46(53)54)44(57-6)42(50)26-31)32-25-38(47(55)56)45(58-7)43(51)27-32/h14,24-27,29-30,33-34,36,39-41,52H,8-13,15-23,28H2,1-7H3,(H,53,54)(H,55,56)/t30?,33-,34+,36-,39+,40-,41-,48-,49+/m0/s1. The number of ether oxygens (including phenoxy) is 2. The highest BCUT2D eigenvalue weighted by atomic mass is 35.5. The number of halogens is 2. The van der Waals surface area contributed by atoms with Crippen molar-refractivity contribution in [1.29, 1.82) is 0 Å². The molecule has 4 saturated carbocycles. The number of carboxylic acid groups (broad SMARTS) is 2. The quantitative estimate of drug-likeness (QED) is 0.136. The van der Waals surface area contributed by atoms with Crippen LogP contribution in [0.4, 0.5) is 0 Å². The van der Waals surface area contributed by atoms with Crippen molar-refractivity contribution in [2.24, 2.45) is 52.3 Å². The lowest BCUT2D eigenvalue weighted by molar-refractivity contribution is -0.118.